The summed E-state index contributed by atoms with van der Waals surface area (Å²) in [6.45, 7) is 1.88. The van der Waals surface area contributed by atoms with Crippen molar-refractivity contribution in [2.45, 2.75) is 19.1 Å². The van der Waals surface area contributed by atoms with Crippen LogP contribution in [0.2, 0.25) is 0 Å². The number of benzene rings is 1. The summed E-state index contributed by atoms with van der Waals surface area (Å²) in [6.07, 6.45) is -1.61. The number of nitrogens with zero attached hydrogens (tertiary/aromatic N) is 3. The average molecular weight is 399 g/mol. The Morgan fingerprint density at radius 1 is 1.41 bits per heavy atom. The van der Waals surface area contributed by atoms with Crippen molar-refractivity contribution < 1.29 is 29.0 Å². The van der Waals surface area contributed by atoms with Crippen LogP contribution < -0.4 is 16.0 Å². The zero-order valence-electron chi connectivity index (χ0n) is 15.3. The molecule has 0 spiro atoms. The first-order valence-corrected chi connectivity index (χ1v) is 8.50. The van der Waals surface area contributed by atoms with Gasteiger partial charge in [-0.2, -0.15) is 10.2 Å². The highest BCUT2D eigenvalue weighted by atomic mass is 16.7. The molecule has 2 heterocycles. The van der Waals surface area contributed by atoms with E-state index >= 15 is 0 Å². The summed E-state index contributed by atoms with van der Waals surface area (Å²) in [7, 11) is 0. The highest BCUT2D eigenvalue weighted by Gasteiger charge is 2.28. The van der Waals surface area contributed by atoms with Gasteiger partial charge in [0.1, 0.15) is 17.5 Å². The molecule has 0 unspecified atom stereocenters. The van der Waals surface area contributed by atoms with Gasteiger partial charge in [-0.15, -0.1) is 0 Å². The van der Waals surface area contributed by atoms with Crippen molar-refractivity contribution in [1.29, 1.82) is 5.26 Å². The largest absolute Gasteiger partial charge is 0.479 e. The van der Waals surface area contributed by atoms with Crippen LogP contribution in [0.3, 0.4) is 0 Å². The Morgan fingerprint density at radius 2 is 2.17 bits per heavy atom. The molecule has 150 valence electrons. The van der Waals surface area contributed by atoms with E-state index in [0.717, 1.165) is 0 Å². The number of aliphatic carboxylic acids is 1. The van der Waals surface area contributed by atoms with Crippen LogP contribution >= 0.6 is 0 Å². The number of nitrogens with one attached hydrogen (secondary N) is 1. The molecule has 0 radical (unpaired) electrons. The third kappa shape index (κ3) is 4.57. The van der Waals surface area contributed by atoms with E-state index in [1.165, 1.54) is 6.92 Å². The zero-order chi connectivity index (χ0) is 21.0. The lowest BCUT2D eigenvalue weighted by atomic mass is 10.1. The Bertz CT molecular complexity index is 985. The topological polar surface area (TPSA) is 170 Å². The number of carbonyl (C=O) groups is 2. The zero-order valence-corrected chi connectivity index (χ0v) is 15.3. The molecule has 1 aromatic carbocycles. The van der Waals surface area contributed by atoms with Gasteiger partial charge in [0, 0.05) is 5.56 Å². The van der Waals surface area contributed by atoms with Crippen molar-refractivity contribution >= 4 is 17.7 Å². The average Bonchev–Trinajstić information content (AvgIpc) is 2.68. The van der Waals surface area contributed by atoms with Crippen molar-refractivity contribution in [2.24, 2.45) is 0 Å². The van der Waals surface area contributed by atoms with Crippen molar-refractivity contribution in [1.82, 2.24) is 15.4 Å². The van der Waals surface area contributed by atoms with Crippen molar-refractivity contribution in [2.75, 3.05) is 18.9 Å². The van der Waals surface area contributed by atoms with Gasteiger partial charge in [0.05, 0.1) is 24.8 Å². The smallest absolute Gasteiger partial charge is 0.335 e. The fourth-order valence-electron chi connectivity index (χ4n) is 2.30. The molecule has 1 aromatic heterocycles. The van der Waals surface area contributed by atoms with E-state index < -0.39 is 18.0 Å². The molecule has 2 aromatic rings. The molecule has 29 heavy (non-hydrogen) atoms. The first-order chi connectivity index (χ1) is 13.9. The van der Waals surface area contributed by atoms with Gasteiger partial charge in [0.25, 0.3) is 5.91 Å². The highest BCUT2D eigenvalue weighted by Crippen LogP contribution is 2.28. The van der Waals surface area contributed by atoms with Crippen LogP contribution in [-0.4, -0.2) is 52.4 Å². The first-order valence-electron chi connectivity index (χ1n) is 8.50. The lowest BCUT2D eigenvalue weighted by Gasteiger charge is -2.27. The third-order valence-electron chi connectivity index (χ3n) is 3.94. The summed E-state index contributed by atoms with van der Waals surface area (Å²) < 4.78 is 10.8. The molecule has 0 bridgehead atoms. The van der Waals surface area contributed by atoms with E-state index in [4.69, 9.17) is 30.4 Å². The van der Waals surface area contributed by atoms with Crippen LogP contribution in [0.4, 0.5) is 5.82 Å². The standard InChI is InChI=1S/C18H17N5O6/c1-9(18(25)26)29-23-16(24)13-14(20)21-15(11-4-2-3-10(5-11)6-19)22-17(13)28-12-7-27-8-12/h2-5,9,12H,7-8H2,1H3,(H,23,24)(H,25,26)(H2,20,21,22)/t9-/m0/s1. The summed E-state index contributed by atoms with van der Waals surface area (Å²) in [5.74, 6) is -2.26. The molecule has 1 aliphatic heterocycles. The number of rotatable bonds is 7. The number of anilines is 1. The number of nitrogens with two attached hydrogens (primary N) is 1. The number of ether oxygens (including phenoxy) is 2. The maximum atomic E-state index is 12.5. The number of carboxylic acid groups (broad SMARTS) is 1. The molecule has 0 aliphatic carbocycles. The second-order valence-corrected chi connectivity index (χ2v) is 6.11. The number of nitriles is 1. The number of nitrogen functional groups attached to an aromatic ring is 1. The summed E-state index contributed by atoms with van der Waals surface area (Å²) >= 11 is 0. The molecule has 1 amide bonds. The van der Waals surface area contributed by atoms with Crippen molar-refractivity contribution in [3.05, 3.63) is 35.4 Å². The fourth-order valence-corrected chi connectivity index (χ4v) is 2.30. The second-order valence-electron chi connectivity index (χ2n) is 6.11. The maximum Gasteiger partial charge on any atom is 0.335 e. The van der Waals surface area contributed by atoms with E-state index in [-0.39, 0.29) is 29.2 Å². The van der Waals surface area contributed by atoms with Crippen LogP contribution in [0.25, 0.3) is 11.4 Å². The van der Waals surface area contributed by atoms with E-state index in [1.807, 2.05) is 11.5 Å². The minimum atomic E-state index is -1.28. The summed E-state index contributed by atoms with van der Waals surface area (Å²) in [5, 5.41) is 17.9. The minimum absolute atomic E-state index is 0.104. The van der Waals surface area contributed by atoms with Crippen LogP contribution in [0, 0.1) is 11.3 Å². The highest BCUT2D eigenvalue weighted by molar-refractivity contribution is 6.00. The van der Waals surface area contributed by atoms with Gasteiger partial charge in [-0.05, 0) is 19.1 Å². The van der Waals surface area contributed by atoms with E-state index in [0.29, 0.717) is 24.3 Å². The number of hydrogen-bond acceptors (Lipinski definition) is 9. The molecule has 1 aliphatic rings. The number of carbonyl (C=O) groups excluding carboxylic acids is 1. The van der Waals surface area contributed by atoms with Gasteiger partial charge in [-0.1, -0.05) is 12.1 Å². The van der Waals surface area contributed by atoms with Gasteiger partial charge >= 0.3 is 5.97 Å². The van der Waals surface area contributed by atoms with Crippen molar-refractivity contribution in [3.8, 4) is 23.3 Å². The van der Waals surface area contributed by atoms with Crippen LogP contribution in [0.15, 0.2) is 24.3 Å². The molecule has 4 N–H and O–H groups in total. The Morgan fingerprint density at radius 3 is 2.79 bits per heavy atom. The number of aromatic nitrogens is 2. The summed E-state index contributed by atoms with van der Waals surface area (Å²) in [5.41, 5.74) is 8.69. The summed E-state index contributed by atoms with van der Waals surface area (Å²) in [6, 6.07) is 8.56. The SMILES string of the molecule is C[C@H](ONC(=O)c1c(N)nc(-c2cccc(C#N)c2)nc1OC1COC1)C(=O)O. The van der Waals surface area contributed by atoms with E-state index in [9.17, 15) is 9.59 Å². The Labute approximate surface area is 165 Å². The monoisotopic (exact) mass is 399 g/mol. The molecule has 11 nitrogen and oxygen atoms in total. The van der Waals surface area contributed by atoms with Gasteiger partial charge in [0.15, 0.2) is 11.9 Å². The van der Waals surface area contributed by atoms with Crippen LogP contribution in [-0.2, 0) is 14.4 Å². The maximum absolute atomic E-state index is 12.5. The van der Waals surface area contributed by atoms with Gasteiger partial charge in [0.2, 0.25) is 5.88 Å². The Balaban J connectivity index is 1.95. The normalized spacial score (nSPS) is 14.3. The molecular weight excluding hydrogens is 382 g/mol. The number of carboxylic acids is 1. The van der Waals surface area contributed by atoms with Crippen LogP contribution in [0.1, 0.15) is 22.8 Å². The Kier molecular flexibility index (Phi) is 5.87. The Hall–Kier alpha value is -3.75. The fraction of sp³-hybridized carbons (Fsp3) is 0.278. The molecule has 0 saturated carbocycles. The molecule has 1 fully saturated rings. The third-order valence-corrected chi connectivity index (χ3v) is 3.94. The van der Waals surface area contributed by atoms with Gasteiger partial charge in [-0.25, -0.2) is 15.3 Å². The number of hydrogen-bond donors (Lipinski definition) is 3. The van der Waals surface area contributed by atoms with Gasteiger partial charge in [-0.3, -0.25) is 9.63 Å². The molecule has 1 atom stereocenters. The first kappa shape index (κ1) is 20.0. The van der Waals surface area contributed by atoms with Gasteiger partial charge < -0.3 is 20.3 Å². The van der Waals surface area contributed by atoms with E-state index in [1.54, 1.807) is 24.3 Å². The van der Waals surface area contributed by atoms with Crippen molar-refractivity contribution in [3.63, 3.8) is 0 Å². The number of amides is 1. The lowest BCUT2D eigenvalue weighted by Crippen LogP contribution is -2.40. The molecule has 1 saturated heterocycles. The predicted octanol–water partition coefficient (Wildman–Crippen LogP) is 0.510. The van der Waals surface area contributed by atoms with Crippen LogP contribution in [0.5, 0.6) is 5.88 Å². The predicted molar refractivity (Wildman–Crippen MR) is 97.5 cm³/mol. The number of hydroxylamine groups is 1. The quantitative estimate of drug-likeness (QED) is 0.557. The molecule has 11 heteroatoms. The molecule has 3 rings (SSSR count). The molecular formula is C18H17N5O6. The second kappa shape index (κ2) is 8.51. The van der Waals surface area contributed by atoms with E-state index in [2.05, 4.69) is 9.97 Å². The minimum Gasteiger partial charge on any atom is -0.479 e. The summed E-state index contributed by atoms with van der Waals surface area (Å²) in [4.78, 5) is 36.5. The lowest BCUT2D eigenvalue weighted by molar-refractivity contribution is -0.152.